The predicted molar refractivity (Wildman–Crippen MR) is 91.8 cm³/mol. The van der Waals surface area contributed by atoms with Gasteiger partial charge in [0.1, 0.15) is 5.82 Å². The van der Waals surface area contributed by atoms with Crippen LogP contribution < -0.4 is 5.32 Å². The Kier molecular flexibility index (Phi) is 7.35. The fraction of sp³-hybridized carbons (Fsp3) is 0.571. The van der Waals surface area contributed by atoms with E-state index in [9.17, 15) is 0 Å². The number of hydrogen-bond acceptors (Lipinski definition) is 4. The van der Waals surface area contributed by atoms with Crippen LogP contribution in [0.1, 0.15) is 17.4 Å². The maximum atomic E-state index is 4.51. The molecule has 6 nitrogen and oxygen atoms in total. The van der Waals surface area contributed by atoms with Crippen LogP contribution in [0.3, 0.4) is 0 Å². The zero-order chi connectivity index (χ0) is 13.9. The molecule has 0 amide bonds. The van der Waals surface area contributed by atoms with Crippen molar-refractivity contribution < 1.29 is 0 Å². The zero-order valence-electron chi connectivity index (χ0n) is 13.0. The van der Waals surface area contributed by atoms with Crippen molar-refractivity contribution in [3.05, 3.63) is 36.2 Å². The van der Waals surface area contributed by atoms with E-state index in [0.717, 1.165) is 38.4 Å². The molecule has 1 N–H and O–H groups in total. The van der Waals surface area contributed by atoms with Crippen molar-refractivity contribution in [2.24, 2.45) is 14.1 Å². The highest BCUT2D eigenvalue weighted by Crippen LogP contribution is 2.20. The van der Waals surface area contributed by atoms with E-state index in [1.807, 2.05) is 30.3 Å². The third kappa shape index (κ3) is 4.23. The molecule has 3 heterocycles. The van der Waals surface area contributed by atoms with E-state index in [-0.39, 0.29) is 24.8 Å². The topological polar surface area (TPSA) is 50.9 Å². The molecule has 8 heteroatoms. The fourth-order valence-corrected chi connectivity index (χ4v) is 2.84. The standard InChI is InChI=1S/C14H22N6.2ClH/c1-18-7-5-16-14(18)13-10-15-4-8-20(13)6-3-12-9-17-19(2)11-12;;/h5,7,9,11,13,15H,3-4,6,8,10H2,1-2H3;2*1H. The summed E-state index contributed by atoms with van der Waals surface area (Å²) in [4.78, 5) is 7.03. The van der Waals surface area contributed by atoms with Gasteiger partial charge < -0.3 is 9.88 Å². The Hall–Kier alpha value is -1.08. The van der Waals surface area contributed by atoms with Gasteiger partial charge in [0.15, 0.2) is 0 Å². The molecule has 2 aromatic rings. The first kappa shape index (κ1) is 19.0. The lowest BCUT2D eigenvalue weighted by Crippen LogP contribution is -2.47. The van der Waals surface area contributed by atoms with Gasteiger partial charge in [-0.15, -0.1) is 24.8 Å². The molecule has 0 radical (unpaired) electrons. The van der Waals surface area contributed by atoms with E-state index in [1.54, 1.807) is 0 Å². The van der Waals surface area contributed by atoms with Gasteiger partial charge in [0.2, 0.25) is 0 Å². The van der Waals surface area contributed by atoms with Crippen molar-refractivity contribution in [3.8, 4) is 0 Å². The molecule has 1 aliphatic rings. The third-order valence-electron chi connectivity index (χ3n) is 3.96. The molecular weight excluding hydrogens is 323 g/mol. The first-order chi connectivity index (χ1) is 9.74. The highest BCUT2D eigenvalue weighted by molar-refractivity contribution is 5.85. The molecule has 0 aliphatic carbocycles. The van der Waals surface area contributed by atoms with Crippen molar-refractivity contribution in [1.29, 1.82) is 0 Å². The van der Waals surface area contributed by atoms with E-state index >= 15 is 0 Å². The van der Waals surface area contributed by atoms with E-state index in [0.29, 0.717) is 6.04 Å². The highest BCUT2D eigenvalue weighted by Gasteiger charge is 2.26. The van der Waals surface area contributed by atoms with Gasteiger partial charge in [-0.3, -0.25) is 9.58 Å². The number of nitrogens with one attached hydrogen (secondary N) is 1. The van der Waals surface area contributed by atoms with Crippen LogP contribution in [0.15, 0.2) is 24.8 Å². The van der Waals surface area contributed by atoms with E-state index < -0.39 is 0 Å². The maximum absolute atomic E-state index is 4.51. The molecule has 1 atom stereocenters. The van der Waals surface area contributed by atoms with Crippen LogP contribution in [-0.4, -0.2) is 50.4 Å². The van der Waals surface area contributed by atoms with E-state index in [4.69, 9.17) is 0 Å². The highest BCUT2D eigenvalue weighted by atomic mass is 35.5. The summed E-state index contributed by atoms with van der Waals surface area (Å²) in [6.45, 7) is 4.13. The minimum atomic E-state index is 0. The zero-order valence-corrected chi connectivity index (χ0v) is 14.6. The van der Waals surface area contributed by atoms with Gasteiger partial charge in [-0.05, 0) is 12.0 Å². The van der Waals surface area contributed by atoms with Gasteiger partial charge in [0.05, 0.1) is 12.2 Å². The van der Waals surface area contributed by atoms with Gasteiger partial charge >= 0.3 is 0 Å². The second kappa shape index (κ2) is 8.53. The van der Waals surface area contributed by atoms with E-state index in [1.165, 1.54) is 5.56 Å². The Labute approximate surface area is 143 Å². The molecule has 1 fully saturated rings. The quantitative estimate of drug-likeness (QED) is 0.903. The summed E-state index contributed by atoms with van der Waals surface area (Å²) in [7, 11) is 4.03. The van der Waals surface area contributed by atoms with Crippen molar-refractivity contribution in [2.45, 2.75) is 12.5 Å². The van der Waals surface area contributed by atoms with Gasteiger partial charge in [0.25, 0.3) is 0 Å². The maximum Gasteiger partial charge on any atom is 0.127 e. The SMILES string of the molecule is Cl.Cl.Cn1cc(CCN2CCNCC2c2nccn2C)cn1. The number of nitrogens with zero attached hydrogens (tertiary/aromatic N) is 5. The Morgan fingerprint density at radius 2 is 2.14 bits per heavy atom. The first-order valence-electron chi connectivity index (χ1n) is 7.13. The number of halogens is 2. The monoisotopic (exact) mass is 346 g/mol. The molecule has 1 unspecified atom stereocenters. The predicted octanol–water partition coefficient (Wildman–Crippen LogP) is 1.19. The lowest BCUT2D eigenvalue weighted by atomic mass is 10.1. The van der Waals surface area contributed by atoms with Crippen LogP contribution in [0.4, 0.5) is 0 Å². The van der Waals surface area contributed by atoms with Crippen molar-refractivity contribution in [3.63, 3.8) is 0 Å². The second-order valence-electron chi connectivity index (χ2n) is 5.42. The lowest BCUT2D eigenvalue weighted by Gasteiger charge is -2.35. The van der Waals surface area contributed by atoms with Crippen LogP contribution in [0, 0.1) is 0 Å². The summed E-state index contributed by atoms with van der Waals surface area (Å²) >= 11 is 0. The molecule has 1 aliphatic heterocycles. The van der Waals surface area contributed by atoms with Gasteiger partial charge in [-0.2, -0.15) is 5.10 Å². The first-order valence-corrected chi connectivity index (χ1v) is 7.13. The molecule has 0 spiro atoms. The average Bonchev–Trinajstić information content (AvgIpc) is 3.05. The normalized spacial score (nSPS) is 18.5. The van der Waals surface area contributed by atoms with Crippen molar-refractivity contribution in [1.82, 2.24) is 29.5 Å². The number of imidazole rings is 1. The summed E-state index contributed by atoms with van der Waals surface area (Å²) in [5.41, 5.74) is 1.30. The molecule has 0 aromatic carbocycles. The van der Waals surface area contributed by atoms with Crippen LogP contribution in [0.5, 0.6) is 0 Å². The molecule has 124 valence electrons. The summed E-state index contributed by atoms with van der Waals surface area (Å²) in [6.07, 6.45) is 8.98. The summed E-state index contributed by atoms with van der Waals surface area (Å²) in [6, 6.07) is 0.362. The number of piperazine rings is 1. The Morgan fingerprint density at radius 3 is 2.77 bits per heavy atom. The molecule has 1 saturated heterocycles. The summed E-state index contributed by atoms with van der Waals surface area (Å²) in [5, 5.41) is 7.70. The fourth-order valence-electron chi connectivity index (χ4n) is 2.84. The van der Waals surface area contributed by atoms with Crippen molar-refractivity contribution >= 4 is 24.8 Å². The molecule has 22 heavy (non-hydrogen) atoms. The molecule has 2 aromatic heterocycles. The van der Waals surface area contributed by atoms with Crippen LogP contribution in [-0.2, 0) is 20.5 Å². The number of aromatic nitrogens is 4. The minimum absolute atomic E-state index is 0. The van der Waals surface area contributed by atoms with Crippen LogP contribution in [0.2, 0.25) is 0 Å². The van der Waals surface area contributed by atoms with Crippen molar-refractivity contribution in [2.75, 3.05) is 26.2 Å². The Bertz CT molecular complexity index is 567. The average molecular weight is 347 g/mol. The smallest absolute Gasteiger partial charge is 0.127 e. The number of rotatable bonds is 4. The van der Waals surface area contributed by atoms with Crippen LogP contribution in [0.25, 0.3) is 0 Å². The number of aryl methyl sites for hydroxylation is 2. The molecule has 3 rings (SSSR count). The molecule has 0 saturated carbocycles. The lowest BCUT2D eigenvalue weighted by molar-refractivity contribution is 0.155. The second-order valence-corrected chi connectivity index (χ2v) is 5.42. The largest absolute Gasteiger partial charge is 0.337 e. The van der Waals surface area contributed by atoms with Crippen LogP contribution >= 0.6 is 24.8 Å². The third-order valence-corrected chi connectivity index (χ3v) is 3.96. The van der Waals surface area contributed by atoms with E-state index in [2.05, 4.69) is 38.1 Å². The Balaban J connectivity index is 0.00000121. The summed E-state index contributed by atoms with van der Waals surface area (Å²) < 4.78 is 3.98. The van der Waals surface area contributed by atoms with Gasteiger partial charge in [-0.25, -0.2) is 4.98 Å². The van der Waals surface area contributed by atoms with Gasteiger partial charge in [-0.1, -0.05) is 0 Å². The molecular formula is C14H24Cl2N6. The number of hydrogen-bond donors (Lipinski definition) is 1. The summed E-state index contributed by atoms with van der Waals surface area (Å²) in [5.74, 6) is 1.14. The minimum Gasteiger partial charge on any atom is -0.337 e. The van der Waals surface area contributed by atoms with Gasteiger partial charge in [0, 0.05) is 58.9 Å². The molecule has 0 bridgehead atoms. The Morgan fingerprint density at radius 1 is 1.32 bits per heavy atom.